The molecule has 13 nitrogen and oxygen atoms in total. The Morgan fingerprint density at radius 2 is 0.377 bits per heavy atom. The maximum atomic E-state index is 5.66. The lowest BCUT2D eigenvalue weighted by Crippen LogP contribution is -2.15. The van der Waals surface area contributed by atoms with Gasteiger partial charge in [0.1, 0.15) is 0 Å². The summed E-state index contributed by atoms with van der Waals surface area (Å²) in [6.45, 7) is 17.0. The number of rotatable bonds is 50. The Labute approximate surface area is 336 Å². The number of ether oxygens (including phenoxy) is 13. The largest absolute Gasteiger partial charge is 0.379 e. The molecule has 0 aromatic carbocycles. The maximum absolute atomic E-state index is 5.66. The monoisotopic (exact) mass is 882 g/mol. The molecule has 0 amide bonds. The van der Waals surface area contributed by atoms with Crippen LogP contribution in [-0.4, -0.2) is 176 Å². The summed E-state index contributed by atoms with van der Waals surface area (Å²) in [7, 11) is 0. The van der Waals surface area contributed by atoms with Crippen LogP contribution in [0, 0.1) is 0 Å². The summed E-state index contributed by atoms with van der Waals surface area (Å²) >= 11 is 2.28. The van der Waals surface area contributed by atoms with Crippen LogP contribution in [0.3, 0.4) is 0 Å². The Hall–Kier alpha value is 0.210. The second-order valence-electron chi connectivity index (χ2n) is 12.2. The minimum absolute atomic E-state index is 0.517. The molecule has 53 heavy (non-hydrogen) atoms. The fraction of sp³-hybridized carbons (Fsp3) is 1.00. The van der Waals surface area contributed by atoms with E-state index in [1.807, 2.05) is 0 Å². The Kier molecular flexibility index (Phi) is 52.4. The predicted octanol–water partition coefficient (Wildman–Crippen LogP) is 5.95. The van der Waals surface area contributed by atoms with Crippen LogP contribution in [0.25, 0.3) is 0 Å². The summed E-state index contributed by atoms with van der Waals surface area (Å²) in [6.07, 6.45) is 14.9. The SMILES string of the molecule is CCCCCCCCCCCCCOCCOCCOCCOCCOCCOCCOCCOCCOCCOCCOCCOCCOCCI. The molecule has 320 valence electrons. The van der Waals surface area contributed by atoms with Crippen LogP contribution < -0.4 is 0 Å². The highest BCUT2D eigenvalue weighted by molar-refractivity contribution is 14.1. The highest BCUT2D eigenvalue weighted by atomic mass is 127. The summed E-state index contributed by atoms with van der Waals surface area (Å²) in [4.78, 5) is 0. The molecule has 0 aliphatic rings. The first-order valence-electron chi connectivity index (χ1n) is 20.5. The van der Waals surface area contributed by atoms with Crippen molar-refractivity contribution in [3.8, 4) is 0 Å². The van der Waals surface area contributed by atoms with Crippen molar-refractivity contribution in [3.05, 3.63) is 0 Å². The Bertz CT molecular complexity index is 578. The van der Waals surface area contributed by atoms with Gasteiger partial charge in [0.2, 0.25) is 0 Å². The van der Waals surface area contributed by atoms with Gasteiger partial charge in [0.25, 0.3) is 0 Å². The molecule has 0 heterocycles. The van der Waals surface area contributed by atoms with Crippen molar-refractivity contribution in [2.45, 2.75) is 77.6 Å². The van der Waals surface area contributed by atoms with Crippen LogP contribution in [0.2, 0.25) is 0 Å². The number of unbranched alkanes of at least 4 members (excludes halogenated alkanes) is 10. The average molecular weight is 883 g/mol. The molecule has 0 fully saturated rings. The zero-order chi connectivity index (χ0) is 38.1. The molecule has 0 aliphatic carbocycles. The highest BCUT2D eigenvalue weighted by Gasteiger charge is 1.98. The van der Waals surface area contributed by atoms with Gasteiger partial charge < -0.3 is 61.6 Å². The van der Waals surface area contributed by atoms with Crippen molar-refractivity contribution >= 4 is 22.6 Å². The number of halogens is 1. The Balaban J connectivity index is 3.05. The highest BCUT2D eigenvalue weighted by Crippen LogP contribution is 2.11. The predicted molar refractivity (Wildman–Crippen MR) is 216 cm³/mol. The van der Waals surface area contributed by atoms with Crippen LogP contribution in [0.4, 0.5) is 0 Å². The first kappa shape index (κ1) is 53.2. The molecule has 0 saturated carbocycles. The van der Waals surface area contributed by atoms with E-state index in [2.05, 4.69) is 29.5 Å². The molecule has 0 bridgehead atoms. The lowest BCUT2D eigenvalue weighted by molar-refractivity contribution is -0.0289. The van der Waals surface area contributed by atoms with E-state index in [1.54, 1.807) is 0 Å². The van der Waals surface area contributed by atoms with E-state index in [9.17, 15) is 0 Å². The first-order valence-corrected chi connectivity index (χ1v) is 22.0. The van der Waals surface area contributed by atoms with Gasteiger partial charge in [-0.15, -0.1) is 0 Å². The summed E-state index contributed by atoms with van der Waals surface area (Å²) in [5.41, 5.74) is 0. The van der Waals surface area contributed by atoms with Crippen molar-refractivity contribution in [1.29, 1.82) is 0 Å². The van der Waals surface area contributed by atoms with Gasteiger partial charge in [-0.2, -0.15) is 0 Å². The lowest BCUT2D eigenvalue weighted by atomic mass is 10.1. The second kappa shape index (κ2) is 52.2. The first-order chi connectivity index (χ1) is 26.4. The van der Waals surface area contributed by atoms with Gasteiger partial charge in [0.05, 0.1) is 165 Å². The fourth-order valence-corrected chi connectivity index (χ4v) is 4.98. The van der Waals surface area contributed by atoms with Crippen molar-refractivity contribution in [1.82, 2.24) is 0 Å². The van der Waals surface area contributed by atoms with Crippen molar-refractivity contribution in [2.75, 3.05) is 176 Å². The lowest BCUT2D eigenvalue weighted by Gasteiger charge is -2.09. The van der Waals surface area contributed by atoms with Gasteiger partial charge in [0.15, 0.2) is 0 Å². The minimum Gasteiger partial charge on any atom is -0.379 e. The van der Waals surface area contributed by atoms with Crippen molar-refractivity contribution < 1.29 is 61.6 Å². The summed E-state index contributed by atoms with van der Waals surface area (Å²) < 4.78 is 72.5. The smallest absolute Gasteiger partial charge is 0.0701 e. The van der Waals surface area contributed by atoms with Gasteiger partial charge in [-0.05, 0) is 6.42 Å². The molecule has 0 atom stereocenters. The maximum Gasteiger partial charge on any atom is 0.0701 e. The molecule has 0 rings (SSSR count). The minimum atomic E-state index is 0.517. The van der Waals surface area contributed by atoms with Crippen LogP contribution in [0.15, 0.2) is 0 Å². The van der Waals surface area contributed by atoms with Crippen LogP contribution in [-0.2, 0) is 61.6 Å². The van der Waals surface area contributed by atoms with Gasteiger partial charge in [-0.25, -0.2) is 0 Å². The summed E-state index contributed by atoms with van der Waals surface area (Å²) in [6, 6.07) is 0. The number of hydrogen-bond donors (Lipinski definition) is 0. The standard InChI is InChI=1S/C39H79IO13/c1-2-3-4-5-6-7-8-9-10-11-12-14-41-16-18-43-20-22-45-24-26-47-28-30-49-32-34-51-36-38-53-39-37-52-35-33-50-31-29-48-27-25-46-23-21-44-19-17-42-15-13-40/h2-39H2,1H3. The molecular weight excluding hydrogens is 803 g/mol. The van der Waals surface area contributed by atoms with Crippen LogP contribution in [0.1, 0.15) is 77.6 Å². The molecular formula is C39H79IO13. The van der Waals surface area contributed by atoms with E-state index >= 15 is 0 Å². The average Bonchev–Trinajstić information content (AvgIpc) is 3.17. The molecule has 0 aromatic heterocycles. The fourth-order valence-electron chi connectivity index (χ4n) is 4.66. The van der Waals surface area contributed by atoms with Gasteiger partial charge in [-0.3, -0.25) is 0 Å². The quantitative estimate of drug-likeness (QED) is 0.0408. The normalized spacial score (nSPS) is 11.7. The van der Waals surface area contributed by atoms with E-state index in [0.717, 1.165) is 24.1 Å². The zero-order valence-electron chi connectivity index (χ0n) is 33.6. The van der Waals surface area contributed by atoms with Crippen molar-refractivity contribution in [3.63, 3.8) is 0 Å². The zero-order valence-corrected chi connectivity index (χ0v) is 35.7. The molecule has 0 unspecified atom stereocenters. The molecule has 0 aromatic rings. The van der Waals surface area contributed by atoms with E-state index in [4.69, 9.17) is 61.6 Å². The molecule has 0 saturated heterocycles. The van der Waals surface area contributed by atoms with E-state index in [1.165, 1.54) is 64.2 Å². The molecule has 0 aliphatic heterocycles. The van der Waals surface area contributed by atoms with E-state index in [-0.39, 0.29) is 0 Å². The topological polar surface area (TPSA) is 120 Å². The summed E-state index contributed by atoms with van der Waals surface area (Å²) in [5, 5.41) is 0. The Morgan fingerprint density at radius 1 is 0.208 bits per heavy atom. The van der Waals surface area contributed by atoms with Gasteiger partial charge in [0, 0.05) is 11.0 Å². The molecule has 14 heteroatoms. The van der Waals surface area contributed by atoms with Crippen LogP contribution in [0.5, 0.6) is 0 Å². The third-order valence-corrected chi connectivity index (χ3v) is 8.02. The summed E-state index contributed by atoms with van der Waals surface area (Å²) in [5.74, 6) is 0. The van der Waals surface area contributed by atoms with Crippen molar-refractivity contribution in [2.24, 2.45) is 0 Å². The number of alkyl halides is 1. The molecule has 0 radical (unpaired) electrons. The second-order valence-corrected chi connectivity index (χ2v) is 13.3. The van der Waals surface area contributed by atoms with Crippen LogP contribution >= 0.6 is 22.6 Å². The third-order valence-electron chi connectivity index (χ3n) is 7.58. The van der Waals surface area contributed by atoms with E-state index < -0.39 is 0 Å². The van der Waals surface area contributed by atoms with E-state index in [0.29, 0.717) is 159 Å². The van der Waals surface area contributed by atoms with Gasteiger partial charge >= 0.3 is 0 Å². The third kappa shape index (κ3) is 52.2. The number of hydrogen-bond acceptors (Lipinski definition) is 13. The Morgan fingerprint density at radius 3 is 0.585 bits per heavy atom. The molecule has 0 N–H and O–H groups in total. The molecule has 0 spiro atoms. The van der Waals surface area contributed by atoms with Gasteiger partial charge in [-0.1, -0.05) is 93.7 Å².